The molecule has 0 amide bonds. The average Bonchev–Trinajstić information content (AvgIpc) is 2.07. The molecule has 0 atom stereocenters. The molecule has 0 spiro atoms. The second-order valence-corrected chi connectivity index (χ2v) is 2.61. The minimum absolute atomic E-state index is 0.548. The number of pyridine rings is 1. The first kappa shape index (κ1) is 10.7. The van der Waals surface area contributed by atoms with Gasteiger partial charge in [-0.25, -0.2) is 13.8 Å². The van der Waals surface area contributed by atoms with Crippen LogP contribution in [0, 0.1) is 15.9 Å². The van der Waals surface area contributed by atoms with E-state index < -0.39 is 33.7 Å². The van der Waals surface area contributed by atoms with Crippen molar-refractivity contribution in [3.63, 3.8) is 0 Å². The molecule has 1 aromatic rings. The molecule has 76 valence electrons. The Labute approximate surface area is 80.5 Å². The van der Waals surface area contributed by atoms with Crippen molar-refractivity contribution in [1.82, 2.24) is 4.98 Å². The lowest BCUT2D eigenvalue weighted by Crippen LogP contribution is -2.01. The fraction of sp³-hybridized carbons (Fsp3) is 0.167. The van der Waals surface area contributed by atoms with Crippen molar-refractivity contribution < 1.29 is 18.1 Å². The summed E-state index contributed by atoms with van der Waals surface area (Å²) in [7, 11) is 0. The maximum absolute atomic E-state index is 12.9. The van der Waals surface area contributed by atoms with Crippen molar-refractivity contribution in [3.8, 4) is 0 Å². The molecular formula is C6H2ClF3N2O2. The summed E-state index contributed by atoms with van der Waals surface area (Å²) in [5.41, 5.74) is -2.43. The second kappa shape index (κ2) is 3.79. The molecule has 0 saturated heterocycles. The number of nitrogens with zero attached hydrogens (tertiary/aromatic N) is 2. The number of hydrogen-bond donors (Lipinski definition) is 0. The lowest BCUT2D eigenvalue weighted by Gasteiger charge is -2.01. The molecule has 4 nitrogen and oxygen atoms in total. The van der Waals surface area contributed by atoms with Crippen molar-refractivity contribution in [3.05, 3.63) is 32.8 Å². The number of rotatable bonds is 2. The van der Waals surface area contributed by atoms with Gasteiger partial charge in [0.1, 0.15) is 5.15 Å². The van der Waals surface area contributed by atoms with Gasteiger partial charge in [0.15, 0.2) is 5.69 Å². The Bertz CT molecular complexity index is 386. The topological polar surface area (TPSA) is 56.0 Å². The van der Waals surface area contributed by atoms with Crippen LogP contribution >= 0.6 is 11.6 Å². The van der Waals surface area contributed by atoms with E-state index in [9.17, 15) is 23.3 Å². The van der Waals surface area contributed by atoms with Crippen molar-refractivity contribution in [1.29, 1.82) is 0 Å². The van der Waals surface area contributed by atoms with Gasteiger partial charge < -0.3 is 0 Å². The zero-order valence-electron chi connectivity index (χ0n) is 6.38. The predicted molar refractivity (Wildman–Crippen MR) is 40.8 cm³/mol. The van der Waals surface area contributed by atoms with E-state index >= 15 is 0 Å². The van der Waals surface area contributed by atoms with Crippen LogP contribution in [0.15, 0.2) is 6.07 Å². The van der Waals surface area contributed by atoms with Gasteiger partial charge in [-0.2, -0.15) is 4.39 Å². The number of hydrogen-bond acceptors (Lipinski definition) is 3. The van der Waals surface area contributed by atoms with Crippen molar-refractivity contribution >= 4 is 17.3 Å². The molecule has 1 aromatic heterocycles. The summed E-state index contributed by atoms with van der Waals surface area (Å²) in [5, 5.41) is 9.64. The Morgan fingerprint density at radius 3 is 2.57 bits per heavy atom. The molecular weight excluding hydrogens is 225 g/mol. The monoisotopic (exact) mass is 226 g/mol. The highest BCUT2D eigenvalue weighted by atomic mass is 35.5. The van der Waals surface area contributed by atoms with Gasteiger partial charge in [0.25, 0.3) is 6.43 Å². The second-order valence-electron chi connectivity index (χ2n) is 2.22. The molecule has 0 aromatic carbocycles. The summed E-state index contributed by atoms with van der Waals surface area (Å²) in [4.78, 5) is 12.0. The molecule has 14 heavy (non-hydrogen) atoms. The SMILES string of the molecule is O=[N+]([O-])c1cc(Cl)nc(C(F)F)c1F. The Morgan fingerprint density at radius 1 is 1.57 bits per heavy atom. The van der Waals surface area contributed by atoms with Gasteiger partial charge >= 0.3 is 5.69 Å². The van der Waals surface area contributed by atoms with Gasteiger partial charge in [-0.1, -0.05) is 11.6 Å². The number of nitro groups is 1. The maximum Gasteiger partial charge on any atom is 0.310 e. The van der Waals surface area contributed by atoms with Gasteiger partial charge in [0, 0.05) is 0 Å². The summed E-state index contributed by atoms with van der Waals surface area (Å²) in [6, 6.07) is 0.572. The fourth-order valence-corrected chi connectivity index (χ4v) is 0.976. The molecule has 0 aliphatic rings. The van der Waals surface area contributed by atoms with E-state index in [0.717, 1.165) is 0 Å². The van der Waals surface area contributed by atoms with Crippen LogP contribution in [0.2, 0.25) is 5.15 Å². The third-order valence-electron chi connectivity index (χ3n) is 1.34. The Balaban J connectivity index is 3.40. The average molecular weight is 227 g/mol. The number of alkyl halides is 2. The van der Waals surface area contributed by atoms with Crippen LogP contribution in [-0.2, 0) is 0 Å². The molecule has 0 fully saturated rings. The highest BCUT2D eigenvalue weighted by Gasteiger charge is 2.25. The summed E-state index contributed by atoms with van der Waals surface area (Å²) in [6.45, 7) is 0. The Kier molecular flexibility index (Phi) is 2.90. The van der Waals surface area contributed by atoms with Crippen LogP contribution < -0.4 is 0 Å². The van der Waals surface area contributed by atoms with Gasteiger partial charge in [-0.15, -0.1) is 0 Å². The molecule has 1 rings (SSSR count). The summed E-state index contributed by atoms with van der Waals surface area (Å²) >= 11 is 5.19. The maximum atomic E-state index is 12.9. The number of halogens is 4. The first-order chi connectivity index (χ1) is 6.43. The molecule has 0 aliphatic heterocycles. The number of aromatic nitrogens is 1. The van der Waals surface area contributed by atoms with Crippen LogP contribution in [0.25, 0.3) is 0 Å². The van der Waals surface area contributed by atoms with Gasteiger partial charge in [-0.3, -0.25) is 10.1 Å². The molecule has 0 N–H and O–H groups in total. The lowest BCUT2D eigenvalue weighted by molar-refractivity contribution is -0.387. The van der Waals surface area contributed by atoms with Gasteiger partial charge in [0.2, 0.25) is 5.82 Å². The van der Waals surface area contributed by atoms with Crippen LogP contribution in [-0.4, -0.2) is 9.91 Å². The lowest BCUT2D eigenvalue weighted by atomic mass is 10.3. The fourth-order valence-electron chi connectivity index (χ4n) is 0.781. The van der Waals surface area contributed by atoms with Gasteiger partial charge in [-0.05, 0) is 0 Å². The van der Waals surface area contributed by atoms with Crippen LogP contribution in [0.1, 0.15) is 12.1 Å². The first-order valence-corrected chi connectivity index (χ1v) is 3.59. The van der Waals surface area contributed by atoms with Crippen LogP contribution in [0.4, 0.5) is 18.9 Å². The minimum Gasteiger partial charge on any atom is -0.258 e. The smallest absolute Gasteiger partial charge is 0.258 e. The zero-order chi connectivity index (χ0) is 10.9. The quantitative estimate of drug-likeness (QED) is 0.443. The normalized spacial score (nSPS) is 10.6. The van der Waals surface area contributed by atoms with E-state index in [1.807, 2.05) is 0 Å². The van der Waals surface area contributed by atoms with Crippen molar-refractivity contribution in [2.75, 3.05) is 0 Å². The Hall–Kier alpha value is -1.37. The highest BCUT2D eigenvalue weighted by molar-refractivity contribution is 6.29. The van der Waals surface area contributed by atoms with E-state index in [-0.39, 0.29) is 0 Å². The third kappa shape index (κ3) is 1.92. The molecule has 0 bridgehead atoms. The van der Waals surface area contributed by atoms with Crippen molar-refractivity contribution in [2.24, 2.45) is 0 Å². The van der Waals surface area contributed by atoms with Crippen LogP contribution in [0.3, 0.4) is 0 Å². The first-order valence-electron chi connectivity index (χ1n) is 3.22. The largest absolute Gasteiger partial charge is 0.310 e. The summed E-state index contributed by atoms with van der Waals surface area (Å²) in [6.07, 6.45) is -3.24. The van der Waals surface area contributed by atoms with E-state index in [4.69, 9.17) is 11.6 Å². The van der Waals surface area contributed by atoms with Crippen molar-refractivity contribution in [2.45, 2.75) is 6.43 Å². The summed E-state index contributed by atoms with van der Waals surface area (Å²) in [5.74, 6) is -1.66. The predicted octanol–water partition coefficient (Wildman–Crippen LogP) is 2.72. The minimum atomic E-state index is -3.24. The van der Waals surface area contributed by atoms with Crippen LogP contribution in [0.5, 0.6) is 0 Å². The van der Waals surface area contributed by atoms with E-state index in [0.29, 0.717) is 6.07 Å². The summed E-state index contributed by atoms with van der Waals surface area (Å²) < 4.78 is 37.0. The van der Waals surface area contributed by atoms with Gasteiger partial charge in [0.05, 0.1) is 11.0 Å². The van der Waals surface area contributed by atoms with E-state index in [1.165, 1.54) is 0 Å². The molecule has 0 radical (unpaired) electrons. The molecule has 1 heterocycles. The molecule has 0 unspecified atom stereocenters. The molecule has 0 aliphatic carbocycles. The molecule has 8 heteroatoms. The zero-order valence-corrected chi connectivity index (χ0v) is 7.13. The van der Waals surface area contributed by atoms with E-state index in [1.54, 1.807) is 0 Å². The molecule has 0 saturated carbocycles. The Morgan fingerprint density at radius 2 is 2.14 bits per heavy atom. The third-order valence-corrected chi connectivity index (χ3v) is 1.53. The standard InChI is InChI=1S/C6H2ClF3N2O2/c7-3-1-2(12(13)14)4(8)5(11-3)6(9)10/h1,6H. The van der Waals surface area contributed by atoms with E-state index in [2.05, 4.69) is 4.98 Å². The highest BCUT2D eigenvalue weighted by Crippen LogP contribution is 2.28.